The van der Waals surface area contributed by atoms with Gasteiger partial charge in [-0.2, -0.15) is 0 Å². The Morgan fingerprint density at radius 2 is 2.00 bits per heavy atom. The molecule has 1 saturated heterocycles. The highest BCUT2D eigenvalue weighted by atomic mass is 35.5. The molecule has 1 aliphatic heterocycles. The normalized spacial score (nSPS) is 16.7. The van der Waals surface area contributed by atoms with Crippen LogP contribution in [0.15, 0.2) is 48.9 Å². The number of aromatic nitrogens is 4. The summed E-state index contributed by atoms with van der Waals surface area (Å²) in [6, 6.07) is 8.64. The van der Waals surface area contributed by atoms with Crippen LogP contribution in [0.5, 0.6) is 0 Å². The first kappa shape index (κ1) is 17.5. The van der Waals surface area contributed by atoms with Crippen LogP contribution in [0.25, 0.3) is 11.3 Å². The van der Waals surface area contributed by atoms with E-state index in [4.69, 9.17) is 11.6 Å². The molecule has 1 amide bonds. The highest BCUT2D eigenvalue weighted by molar-refractivity contribution is 6.29. The number of carbonyl (C=O) groups excluding carboxylic acids is 1. The van der Waals surface area contributed by atoms with Crippen molar-refractivity contribution in [3.8, 4) is 11.3 Å². The van der Waals surface area contributed by atoms with Crippen molar-refractivity contribution in [2.75, 3.05) is 11.4 Å². The third-order valence-electron chi connectivity index (χ3n) is 4.55. The van der Waals surface area contributed by atoms with Crippen molar-refractivity contribution in [2.45, 2.75) is 12.8 Å². The quantitative estimate of drug-likeness (QED) is 0.646. The average Bonchev–Trinajstić information content (AvgIpc) is 3.06. The van der Waals surface area contributed by atoms with Gasteiger partial charge >= 0.3 is 0 Å². The van der Waals surface area contributed by atoms with Crippen LogP contribution in [0.2, 0.25) is 5.15 Å². The van der Waals surface area contributed by atoms with E-state index in [-0.39, 0.29) is 17.0 Å². The van der Waals surface area contributed by atoms with Crippen molar-refractivity contribution in [2.24, 2.45) is 5.92 Å². The molecule has 0 bridgehead atoms. The summed E-state index contributed by atoms with van der Waals surface area (Å²) < 4.78 is 13.6. The lowest BCUT2D eigenvalue weighted by Gasteiger charge is -2.15. The van der Waals surface area contributed by atoms with Crippen molar-refractivity contribution in [1.82, 2.24) is 20.2 Å². The minimum atomic E-state index is -0.575. The maximum Gasteiger partial charge on any atom is 0.231 e. The second kappa shape index (κ2) is 7.36. The van der Waals surface area contributed by atoms with Crippen LogP contribution in [-0.4, -0.2) is 32.6 Å². The van der Waals surface area contributed by atoms with Gasteiger partial charge in [-0.3, -0.25) is 14.7 Å². The summed E-state index contributed by atoms with van der Waals surface area (Å²) in [7, 11) is 0. The van der Waals surface area contributed by atoms with Gasteiger partial charge in [0.2, 0.25) is 5.91 Å². The van der Waals surface area contributed by atoms with E-state index in [0.717, 1.165) is 5.56 Å². The number of rotatable bonds is 4. The van der Waals surface area contributed by atoms with Gasteiger partial charge in [-0.05, 0) is 48.7 Å². The Morgan fingerprint density at radius 3 is 2.70 bits per heavy atom. The Morgan fingerprint density at radius 1 is 1.19 bits per heavy atom. The van der Waals surface area contributed by atoms with E-state index in [9.17, 15) is 9.18 Å². The fourth-order valence-electron chi connectivity index (χ4n) is 3.16. The van der Waals surface area contributed by atoms with Gasteiger partial charge in [0.05, 0.1) is 5.69 Å². The Balaban J connectivity index is 1.47. The molecule has 27 heavy (non-hydrogen) atoms. The SMILES string of the molecule is O=C1C(Cc2cnc(Cl)c(F)c2)CCN1c1ccc(-c2ccncc2)nn1. The Bertz CT molecular complexity index is 968. The lowest BCUT2D eigenvalue weighted by molar-refractivity contribution is -0.120. The maximum atomic E-state index is 13.6. The monoisotopic (exact) mass is 383 g/mol. The van der Waals surface area contributed by atoms with Crippen LogP contribution in [0.3, 0.4) is 0 Å². The predicted octanol–water partition coefficient (Wildman–Crippen LogP) is 3.32. The molecule has 0 spiro atoms. The topological polar surface area (TPSA) is 71.9 Å². The van der Waals surface area contributed by atoms with Crippen molar-refractivity contribution in [3.05, 3.63) is 65.5 Å². The first-order valence-corrected chi connectivity index (χ1v) is 8.85. The van der Waals surface area contributed by atoms with E-state index in [2.05, 4.69) is 20.2 Å². The molecule has 6 nitrogen and oxygen atoms in total. The van der Waals surface area contributed by atoms with E-state index >= 15 is 0 Å². The van der Waals surface area contributed by atoms with Gasteiger partial charge in [0.25, 0.3) is 0 Å². The van der Waals surface area contributed by atoms with Crippen molar-refractivity contribution in [1.29, 1.82) is 0 Å². The highest BCUT2D eigenvalue weighted by Crippen LogP contribution is 2.27. The first-order chi connectivity index (χ1) is 13.1. The molecule has 3 aromatic heterocycles. The summed E-state index contributed by atoms with van der Waals surface area (Å²) in [6.45, 7) is 0.552. The van der Waals surface area contributed by atoms with Gasteiger partial charge in [0.1, 0.15) is 0 Å². The second-order valence-corrected chi connectivity index (χ2v) is 6.67. The van der Waals surface area contributed by atoms with Crippen LogP contribution in [0.4, 0.5) is 10.2 Å². The molecule has 0 radical (unpaired) electrons. The summed E-state index contributed by atoms with van der Waals surface area (Å²) in [5, 5.41) is 8.25. The van der Waals surface area contributed by atoms with Crippen LogP contribution >= 0.6 is 11.6 Å². The summed E-state index contributed by atoms with van der Waals surface area (Å²) >= 11 is 5.61. The second-order valence-electron chi connectivity index (χ2n) is 6.31. The fraction of sp³-hybridized carbons (Fsp3) is 0.211. The lowest BCUT2D eigenvalue weighted by atomic mass is 9.99. The molecule has 3 aromatic rings. The zero-order chi connectivity index (χ0) is 18.8. The van der Waals surface area contributed by atoms with E-state index in [1.165, 1.54) is 12.3 Å². The maximum absolute atomic E-state index is 13.6. The highest BCUT2D eigenvalue weighted by Gasteiger charge is 2.33. The molecule has 1 aliphatic rings. The number of hydrogen-bond acceptors (Lipinski definition) is 5. The smallest absolute Gasteiger partial charge is 0.231 e. The molecule has 1 atom stereocenters. The molecule has 0 N–H and O–H groups in total. The summed E-state index contributed by atoms with van der Waals surface area (Å²) in [5.74, 6) is -0.347. The third-order valence-corrected chi connectivity index (χ3v) is 4.83. The standard InChI is InChI=1S/C19H15ClFN5O/c20-18-15(21)10-12(11-23-18)9-14-5-8-26(19(14)27)17-2-1-16(24-25-17)13-3-6-22-7-4-13/h1-4,6-7,10-11,14H,5,8-9H2. The zero-order valence-corrected chi connectivity index (χ0v) is 15.0. The van der Waals surface area contributed by atoms with Crippen LogP contribution in [-0.2, 0) is 11.2 Å². The van der Waals surface area contributed by atoms with Gasteiger partial charge in [-0.1, -0.05) is 11.6 Å². The minimum Gasteiger partial charge on any atom is -0.295 e. The lowest BCUT2D eigenvalue weighted by Crippen LogP contribution is -2.28. The predicted molar refractivity (Wildman–Crippen MR) is 98.6 cm³/mol. The number of nitrogens with zero attached hydrogens (tertiary/aromatic N) is 5. The molecule has 1 fully saturated rings. The molecule has 1 unspecified atom stereocenters. The number of hydrogen-bond donors (Lipinski definition) is 0. The van der Waals surface area contributed by atoms with Crippen LogP contribution < -0.4 is 4.90 Å². The van der Waals surface area contributed by atoms with E-state index in [1.807, 2.05) is 18.2 Å². The van der Waals surface area contributed by atoms with E-state index in [0.29, 0.717) is 36.5 Å². The molecule has 8 heteroatoms. The molecule has 0 aromatic carbocycles. The van der Waals surface area contributed by atoms with E-state index in [1.54, 1.807) is 23.4 Å². The largest absolute Gasteiger partial charge is 0.295 e. The molecular formula is C19H15ClFN5O. The molecule has 0 saturated carbocycles. The van der Waals surface area contributed by atoms with E-state index < -0.39 is 5.82 Å². The number of pyridine rings is 2. The molecule has 4 rings (SSSR count). The van der Waals surface area contributed by atoms with Gasteiger partial charge in [-0.15, -0.1) is 10.2 Å². The van der Waals surface area contributed by atoms with Gasteiger partial charge in [0, 0.05) is 36.6 Å². The van der Waals surface area contributed by atoms with Crippen molar-refractivity contribution < 1.29 is 9.18 Å². The number of amides is 1. The van der Waals surface area contributed by atoms with Crippen LogP contribution in [0.1, 0.15) is 12.0 Å². The number of anilines is 1. The minimum absolute atomic E-state index is 0.0451. The average molecular weight is 384 g/mol. The van der Waals surface area contributed by atoms with Crippen molar-refractivity contribution >= 4 is 23.3 Å². The zero-order valence-electron chi connectivity index (χ0n) is 14.2. The van der Waals surface area contributed by atoms with Crippen molar-refractivity contribution in [3.63, 3.8) is 0 Å². The summed E-state index contributed by atoms with van der Waals surface area (Å²) in [4.78, 5) is 22.1. The summed E-state index contributed by atoms with van der Waals surface area (Å²) in [6.07, 6.45) is 5.96. The molecule has 136 valence electrons. The Labute approximate surface area is 160 Å². The molecule has 0 aliphatic carbocycles. The number of carbonyl (C=O) groups is 1. The fourth-order valence-corrected chi connectivity index (χ4v) is 3.26. The first-order valence-electron chi connectivity index (χ1n) is 8.47. The van der Waals surface area contributed by atoms with Gasteiger partial charge in [-0.25, -0.2) is 9.37 Å². The Kier molecular flexibility index (Phi) is 4.77. The van der Waals surface area contributed by atoms with Gasteiger partial charge < -0.3 is 0 Å². The molecule has 4 heterocycles. The third kappa shape index (κ3) is 3.64. The molecular weight excluding hydrogens is 369 g/mol. The Hall–Kier alpha value is -2.93. The van der Waals surface area contributed by atoms with Gasteiger partial charge in [0.15, 0.2) is 16.8 Å². The number of halogens is 2. The summed E-state index contributed by atoms with van der Waals surface area (Å²) in [5.41, 5.74) is 2.27. The van der Waals surface area contributed by atoms with Crippen LogP contribution in [0, 0.1) is 11.7 Å².